The van der Waals surface area contributed by atoms with E-state index in [1.165, 1.54) is 0 Å². The van der Waals surface area contributed by atoms with Crippen LogP contribution in [0.15, 0.2) is 29.6 Å². The zero-order valence-corrected chi connectivity index (χ0v) is 12.1. The predicted octanol–water partition coefficient (Wildman–Crippen LogP) is 2.94. The summed E-state index contributed by atoms with van der Waals surface area (Å²) in [6, 6.07) is 7.15. The fourth-order valence-corrected chi connectivity index (χ4v) is 3.48. The Morgan fingerprint density at radius 3 is 2.58 bits per heavy atom. The molecule has 2 aromatic rings. The lowest BCUT2D eigenvalue weighted by Gasteiger charge is -2.01. The lowest BCUT2D eigenvalue weighted by molar-refractivity contribution is 0.0696. The smallest absolute Gasteiger partial charge is 0.365 e. The lowest BCUT2D eigenvalue weighted by Crippen LogP contribution is -2.01. The molecule has 0 saturated carbocycles. The van der Waals surface area contributed by atoms with Crippen LogP contribution in [0.3, 0.4) is 0 Å². The standard InChI is InChI=1S/C12H10ClNO3S2/c13-9-3-1-8(2-4-9)6-19(17)7-10-5-18-11(14-10)12(15)16/h1-5H,6-7H2,(H,15,16). The minimum absolute atomic E-state index is 0.0264. The van der Waals surface area contributed by atoms with Crippen LogP contribution in [-0.2, 0) is 22.3 Å². The molecular weight excluding hydrogens is 306 g/mol. The van der Waals surface area contributed by atoms with Crippen molar-refractivity contribution in [2.24, 2.45) is 0 Å². The summed E-state index contributed by atoms with van der Waals surface area (Å²) < 4.78 is 11.9. The first-order chi connectivity index (χ1) is 9.04. The van der Waals surface area contributed by atoms with Gasteiger partial charge in [-0.25, -0.2) is 9.78 Å². The minimum atomic E-state index is -1.12. The fraction of sp³-hybridized carbons (Fsp3) is 0.167. The van der Waals surface area contributed by atoms with Crippen LogP contribution in [0.1, 0.15) is 21.1 Å². The molecule has 1 unspecified atom stereocenters. The van der Waals surface area contributed by atoms with E-state index >= 15 is 0 Å². The van der Waals surface area contributed by atoms with Gasteiger partial charge in [-0.05, 0) is 17.7 Å². The van der Waals surface area contributed by atoms with Crippen LogP contribution < -0.4 is 0 Å². The number of nitrogens with zero attached hydrogens (tertiary/aromatic N) is 1. The third kappa shape index (κ3) is 4.12. The van der Waals surface area contributed by atoms with Crippen LogP contribution in [-0.4, -0.2) is 20.3 Å². The number of carboxylic acid groups (broad SMARTS) is 1. The Labute approximate surface area is 121 Å². The molecule has 1 atom stereocenters. The molecule has 0 spiro atoms. The highest BCUT2D eigenvalue weighted by atomic mass is 35.5. The van der Waals surface area contributed by atoms with E-state index in [9.17, 15) is 9.00 Å². The second-order valence-corrected chi connectivity index (χ2v) is 6.56. The molecule has 0 aliphatic carbocycles. The van der Waals surface area contributed by atoms with Gasteiger partial charge in [0.2, 0.25) is 5.01 Å². The zero-order chi connectivity index (χ0) is 13.8. The maximum atomic E-state index is 11.9. The summed E-state index contributed by atoms with van der Waals surface area (Å²) in [5.41, 5.74) is 1.48. The maximum Gasteiger partial charge on any atom is 0.365 e. The zero-order valence-electron chi connectivity index (χ0n) is 9.71. The van der Waals surface area contributed by atoms with E-state index in [-0.39, 0.29) is 10.8 Å². The number of hydrogen-bond acceptors (Lipinski definition) is 4. The number of thiazole rings is 1. The largest absolute Gasteiger partial charge is 0.476 e. The number of aromatic nitrogens is 1. The van der Waals surface area contributed by atoms with Crippen molar-refractivity contribution in [1.82, 2.24) is 4.98 Å². The van der Waals surface area contributed by atoms with Gasteiger partial charge in [-0.2, -0.15) is 0 Å². The first kappa shape index (κ1) is 14.2. The van der Waals surface area contributed by atoms with Crippen LogP contribution in [0.4, 0.5) is 0 Å². The van der Waals surface area contributed by atoms with Gasteiger partial charge in [0.1, 0.15) is 0 Å². The molecule has 2 rings (SSSR count). The number of benzene rings is 1. The molecule has 0 radical (unpaired) electrons. The molecule has 0 aliphatic heterocycles. The van der Waals surface area contributed by atoms with Crippen LogP contribution in [0.25, 0.3) is 0 Å². The van der Waals surface area contributed by atoms with Crippen molar-refractivity contribution in [3.63, 3.8) is 0 Å². The Hall–Kier alpha value is -1.24. The fourth-order valence-electron chi connectivity index (χ4n) is 1.45. The Balaban J connectivity index is 1.97. The van der Waals surface area contributed by atoms with E-state index in [4.69, 9.17) is 16.7 Å². The normalized spacial score (nSPS) is 12.3. The second-order valence-electron chi connectivity index (χ2n) is 3.80. The van der Waals surface area contributed by atoms with Gasteiger partial charge in [-0.15, -0.1) is 11.3 Å². The molecule has 0 fully saturated rings. The summed E-state index contributed by atoms with van der Waals surface area (Å²) in [5, 5.41) is 11.0. The predicted molar refractivity (Wildman–Crippen MR) is 76.1 cm³/mol. The quantitative estimate of drug-likeness (QED) is 0.921. The highest BCUT2D eigenvalue weighted by molar-refractivity contribution is 7.83. The number of carbonyl (C=O) groups is 1. The molecule has 1 N–H and O–H groups in total. The molecular formula is C12H10ClNO3S2. The van der Waals surface area contributed by atoms with E-state index in [0.717, 1.165) is 16.9 Å². The van der Waals surface area contributed by atoms with Crippen molar-refractivity contribution in [3.8, 4) is 0 Å². The summed E-state index contributed by atoms with van der Waals surface area (Å²) in [4.78, 5) is 14.6. The van der Waals surface area contributed by atoms with E-state index in [2.05, 4.69) is 4.98 Å². The van der Waals surface area contributed by atoms with Crippen molar-refractivity contribution >= 4 is 39.7 Å². The van der Waals surface area contributed by atoms with Crippen molar-refractivity contribution in [2.45, 2.75) is 11.5 Å². The number of hydrogen-bond donors (Lipinski definition) is 1. The Morgan fingerprint density at radius 1 is 1.32 bits per heavy atom. The van der Waals surface area contributed by atoms with Crippen LogP contribution >= 0.6 is 22.9 Å². The molecule has 0 bridgehead atoms. The third-order valence-corrected chi connectivity index (χ3v) is 4.69. The van der Waals surface area contributed by atoms with Crippen LogP contribution in [0.5, 0.6) is 0 Å². The highest BCUT2D eigenvalue weighted by Gasteiger charge is 2.11. The molecule has 4 nitrogen and oxygen atoms in total. The average Bonchev–Trinajstić information content (AvgIpc) is 2.80. The number of aromatic carboxylic acids is 1. The Bertz CT molecular complexity index is 610. The summed E-state index contributed by atoms with van der Waals surface area (Å²) >= 11 is 6.82. The van der Waals surface area contributed by atoms with Gasteiger partial charge in [-0.1, -0.05) is 23.7 Å². The van der Waals surface area contributed by atoms with E-state index < -0.39 is 16.8 Å². The third-order valence-electron chi connectivity index (χ3n) is 2.28. The van der Waals surface area contributed by atoms with Gasteiger partial charge in [0.25, 0.3) is 0 Å². The summed E-state index contributed by atoms with van der Waals surface area (Å²) in [5.74, 6) is -0.400. The van der Waals surface area contributed by atoms with Crippen molar-refractivity contribution in [2.75, 3.05) is 0 Å². The SMILES string of the molecule is O=C(O)c1nc(CS(=O)Cc2ccc(Cl)cc2)cs1. The molecule has 0 saturated heterocycles. The van der Waals surface area contributed by atoms with E-state index in [1.54, 1.807) is 17.5 Å². The molecule has 1 aromatic heterocycles. The van der Waals surface area contributed by atoms with Crippen molar-refractivity contribution in [1.29, 1.82) is 0 Å². The lowest BCUT2D eigenvalue weighted by atomic mass is 10.2. The molecule has 19 heavy (non-hydrogen) atoms. The van der Waals surface area contributed by atoms with Gasteiger partial charge in [0.15, 0.2) is 0 Å². The van der Waals surface area contributed by atoms with Gasteiger partial charge in [0, 0.05) is 27.0 Å². The number of rotatable bonds is 5. The van der Waals surface area contributed by atoms with Gasteiger partial charge in [-0.3, -0.25) is 4.21 Å². The highest BCUT2D eigenvalue weighted by Crippen LogP contribution is 2.15. The summed E-state index contributed by atoms with van der Waals surface area (Å²) in [7, 11) is -1.12. The first-order valence-electron chi connectivity index (χ1n) is 5.31. The monoisotopic (exact) mass is 315 g/mol. The van der Waals surface area contributed by atoms with Crippen molar-refractivity contribution < 1.29 is 14.1 Å². The van der Waals surface area contributed by atoms with Gasteiger partial charge in [0.05, 0.1) is 11.4 Å². The molecule has 7 heteroatoms. The summed E-state index contributed by atoms with van der Waals surface area (Å²) in [6.45, 7) is 0. The topological polar surface area (TPSA) is 67.3 Å². The van der Waals surface area contributed by atoms with Crippen LogP contribution in [0, 0.1) is 0 Å². The molecule has 0 amide bonds. The maximum absolute atomic E-state index is 11.9. The number of carboxylic acids is 1. The molecule has 0 aliphatic rings. The molecule has 1 heterocycles. The first-order valence-corrected chi connectivity index (χ1v) is 8.06. The Morgan fingerprint density at radius 2 is 2.00 bits per heavy atom. The average molecular weight is 316 g/mol. The van der Waals surface area contributed by atoms with Gasteiger partial charge >= 0.3 is 5.97 Å². The van der Waals surface area contributed by atoms with E-state index in [0.29, 0.717) is 16.5 Å². The summed E-state index contributed by atoms with van der Waals surface area (Å²) in [6.07, 6.45) is 0. The molecule has 100 valence electrons. The second kappa shape index (κ2) is 6.27. The van der Waals surface area contributed by atoms with Crippen LogP contribution in [0.2, 0.25) is 5.02 Å². The Kier molecular flexibility index (Phi) is 4.68. The molecule has 1 aromatic carbocycles. The minimum Gasteiger partial charge on any atom is -0.476 e. The van der Waals surface area contributed by atoms with Gasteiger partial charge < -0.3 is 5.11 Å². The number of halogens is 1. The van der Waals surface area contributed by atoms with Crippen molar-refractivity contribution in [3.05, 3.63) is 50.9 Å². The van der Waals surface area contributed by atoms with E-state index in [1.807, 2.05) is 12.1 Å².